The highest BCUT2D eigenvalue weighted by Gasteiger charge is 2.11. The van der Waals surface area contributed by atoms with E-state index in [4.69, 9.17) is 5.73 Å². The predicted molar refractivity (Wildman–Crippen MR) is 80.5 cm³/mol. The van der Waals surface area contributed by atoms with E-state index in [2.05, 4.69) is 24.1 Å². The lowest BCUT2D eigenvalue weighted by Gasteiger charge is -2.12. The number of amides is 1. The van der Waals surface area contributed by atoms with Gasteiger partial charge >= 0.3 is 0 Å². The second-order valence-corrected chi connectivity index (χ2v) is 5.19. The van der Waals surface area contributed by atoms with Crippen molar-refractivity contribution in [2.24, 2.45) is 0 Å². The van der Waals surface area contributed by atoms with Crippen molar-refractivity contribution in [2.75, 3.05) is 11.1 Å². The van der Waals surface area contributed by atoms with Gasteiger partial charge in [-0.1, -0.05) is 13.8 Å². The van der Waals surface area contributed by atoms with Gasteiger partial charge in [-0.3, -0.25) is 4.79 Å². The summed E-state index contributed by atoms with van der Waals surface area (Å²) < 4.78 is 1.87. The Morgan fingerprint density at radius 2 is 2.20 bits per heavy atom. The number of nitrogens with two attached hydrogens (primary N) is 1. The molecule has 0 aliphatic carbocycles. The number of nitrogens with zero attached hydrogens (tertiary/aromatic N) is 2. The largest absolute Gasteiger partial charge is 0.399 e. The van der Waals surface area contributed by atoms with Crippen LogP contribution in [-0.4, -0.2) is 15.5 Å². The fraction of sp³-hybridized carbons (Fsp3) is 0.333. The zero-order valence-corrected chi connectivity index (χ0v) is 12.1. The molecular weight excluding hydrogens is 252 g/mol. The van der Waals surface area contributed by atoms with E-state index in [0.29, 0.717) is 5.69 Å². The summed E-state index contributed by atoms with van der Waals surface area (Å²) in [4.78, 5) is 16.4. The van der Waals surface area contributed by atoms with Gasteiger partial charge in [-0.05, 0) is 30.7 Å². The van der Waals surface area contributed by atoms with Gasteiger partial charge in [0.15, 0.2) is 0 Å². The molecule has 20 heavy (non-hydrogen) atoms. The molecule has 0 atom stereocenters. The first-order chi connectivity index (χ1) is 9.47. The fourth-order valence-electron chi connectivity index (χ4n) is 2.13. The molecule has 106 valence electrons. The van der Waals surface area contributed by atoms with Gasteiger partial charge in [0.25, 0.3) is 0 Å². The summed E-state index contributed by atoms with van der Waals surface area (Å²) >= 11 is 0. The summed E-state index contributed by atoms with van der Waals surface area (Å²) in [5, 5.41) is 2.90. The number of anilines is 2. The average Bonchev–Trinajstić information content (AvgIpc) is 2.81. The molecule has 3 N–H and O–H groups in total. The topological polar surface area (TPSA) is 72.9 Å². The molecule has 2 aromatic rings. The highest BCUT2D eigenvalue weighted by atomic mass is 16.1. The van der Waals surface area contributed by atoms with Gasteiger partial charge in [-0.2, -0.15) is 0 Å². The van der Waals surface area contributed by atoms with Crippen LogP contribution in [0.1, 0.15) is 31.2 Å². The number of hydrogen-bond acceptors (Lipinski definition) is 3. The summed E-state index contributed by atoms with van der Waals surface area (Å²) in [5.74, 6) is 1.13. The summed E-state index contributed by atoms with van der Waals surface area (Å²) in [6.07, 6.45) is 3.54. The van der Waals surface area contributed by atoms with Crippen LogP contribution in [0.25, 0.3) is 0 Å². The molecule has 0 fully saturated rings. The van der Waals surface area contributed by atoms with Crippen LogP contribution in [0.2, 0.25) is 0 Å². The Labute approximate surface area is 118 Å². The molecule has 5 heteroatoms. The minimum absolute atomic E-state index is 0.0715. The van der Waals surface area contributed by atoms with Gasteiger partial charge in [0.2, 0.25) is 5.91 Å². The van der Waals surface area contributed by atoms with Crippen LogP contribution in [0, 0.1) is 6.92 Å². The molecule has 0 radical (unpaired) electrons. The fourth-order valence-corrected chi connectivity index (χ4v) is 2.13. The van der Waals surface area contributed by atoms with Crippen molar-refractivity contribution in [3.8, 4) is 0 Å². The predicted octanol–water partition coefficient (Wildman–Crippen LogP) is 2.54. The van der Waals surface area contributed by atoms with Crippen LogP contribution >= 0.6 is 0 Å². The van der Waals surface area contributed by atoms with Crippen LogP contribution in [0.3, 0.4) is 0 Å². The number of rotatable bonds is 4. The van der Waals surface area contributed by atoms with Gasteiger partial charge in [-0.15, -0.1) is 0 Å². The maximum Gasteiger partial charge on any atom is 0.244 e. The second kappa shape index (κ2) is 5.77. The van der Waals surface area contributed by atoms with Crippen LogP contribution in [0.5, 0.6) is 0 Å². The van der Waals surface area contributed by atoms with Crippen molar-refractivity contribution >= 4 is 17.3 Å². The van der Waals surface area contributed by atoms with E-state index in [-0.39, 0.29) is 18.4 Å². The van der Waals surface area contributed by atoms with Gasteiger partial charge < -0.3 is 15.6 Å². The Morgan fingerprint density at radius 1 is 1.45 bits per heavy atom. The Kier molecular flexibility index (Phi) is 4.08. The number of carbonyl (C=O) groups is 1. The van der Waals surface area contributed by atoms with E-state index in [9.17, 15) is 4.79 Å². The zero-order chi connectivity index (χ0) is 14.7. The lowest BCUT2D eigenvalue weighted by atomic mass is 10.2. The first-order valence-corrected chi connectivity index (χ1v) is 6.64. The van der Waals surface area contributed by atoms with E-state index in [1.165, 1.54) is 0 Å². The Morgan fingerprint density at radius 3 is 2.85 bits per heavy atom. The summed E-state index contributed by atoms with van der Waals surface area (Å²) in [5.41, 5.74) is 8.13. The Bertz CT molecular complexity index is 616. The molecule has 1 amide bonds. The van der Waals surface area contributed by atoms with Crippen LogP contribution < -0.4 is 11.1 Å². The molecule has 5 nitrogen and oxygen atoms in total. The lowest BCUT2D eigenvalue weighted by Crippen LogP contribution is -2.20. The van der Waals surface area contributed by atoms with E-state index < -0.39 is 0 Å². The van der Waals surface area contributed by atoms with Crippen molar-refractivity contribution in [3.63, 3.8) is 0 Å². The molecule has 1 heterocycles. The number of carbonyl (C=O) groups excluding carboxylic acids is 1. The quantitative estimate of drug-likeness (QED) is 0.840. The summed E-state index contributed by atoms with van der Waals surface area (Å²) in [7, 11) is 0. The molecule has 0 saturated heterocycles. The third-order valence-electron chi connectivity index (χ3n) is 3.10. The number of nitrogens with one attached hydrogen (secondary N) is 1. The SMILES string of the molecule is Cc1cc(N)ccc1NC(=O)Cn1ccnc1C(C)C. The average molecular weight is 272 g/mol. The van der Waals surface area contributed by atoms with E-state index in [0.717, 1.165) is 17.1 Å². The molecule has 0 unspecified atom stereocenters. The van der Waals surface area contributed by atoms with Crippen molar-refractivity contribution in [3.05, 3.63) is 42.0 Å². The minimum atomic E-state index is -0.0715. The van der Waals surface area contributed by atoms with Gasteiger partial charge in [0, 0.05) is 29.7 Å². The molecule has 0 spiro atoms. The van der Waals surface area contributed by atoms with E-state index >= 15 is 0 Å². The van der Waals surface area contributed by atoms with Gasteiger partial charge in [0.1, 0.15) is 12.4 Å². The Balaban J connectivity index is 2.07. The number of aromatic nitrogens is 2. The van der Waals surface area contributed by atoms with Crippen LogP contribution in [0.15, 0.2) is 30.6 Å². The molecule has 0 aliphatic rings. The van der Waals surface area contributed by atoms with Gasteiger partial charge in [0.05, 0.1) is 0 Å². The van der Waals surface area contributed by atoms with E-state index in [1.807, 2.05) is 29.8 Å². The normalized spacial score (nSPS) is 10.8. The monoisotopic (exact) mass is 272 g/mol. The molecule has 1 aromatic carbocycles. The zero-order valence-electron chi connectivity index (χ0n) is 12.1. The maximum atomic E-state index is 12.1. The number of aryl methyl sites for hydroxylation is 1. The highest BCUT2D eigenvalue weighted by Crippen LogP contribution is 2.18. The van der Waals surface area contributed by atoms with Crippen molar-refractivity contribution in [2.45, 2.75) is 33.2 Å². The lowest BCUT2D eigenvalue weighted by molar-refractivity contribution is -0.116. The maximum absolute atomic E-state index is 12.1. The summed E-state index contributed by atoms with van der Waals surface area (Å²) in [6, 6.07) is 5.44. The third kappa shape index (κ3) is 3.17. The van der Waals surface area contributed by atoms with Crippen molar-refractivity contribution < 1.29 is 4.79 Å². The molecule has 0 saturated carbocycles. The molecule has 2 rings (SSSR count). The van der Waals surface area contributed by atoms with Crippen molar-refractivity contribution in [1.82, 2.24) is 9.55 Å². The molecule has 0 aliphatic heterocycles. The first-order valence-electron chi connectivity index (χ1n) is 6.64. The summed E-state index contributed by atoms with van der Waals surface area (Å²) in [6.45, 7) is 6.29. The Hall–Kier alpha value is -2.30. The first kappa shape index (κ1) is 14.1. The second-order valence-electron chi connectivity index (χ2n) is 5.19. The highest BCUT2D eigenvalue weighted by molar-refractivity contribution is 5.91. The minimum Gasteiger partial charge on any atom is -0.399 e. The van der Waals surface area contributed by atoms with Crippen molar-refractivity contribution in [1.29, 1.82) is 0 Å². The number of nitrogen functional groups attached to an aromatic ring is 1. The van der Waals surface area contributed by atoms with Gasteiger partial charge in [-0.25, -0.2) is 4.98 Å². The van der Waals surface area contributed by atoms with Crippen LogP contribution in [-0.2, 0) is 11.3 Å². The smallest absolute Gasteiger partial charge is 0.244 e. The van der Waals surface area contributed by atoms with E-state index in [1.54, 1.807) is 12.3 Å². The van der Waals surface area contributed by atoms with Crippen LogP contribution in [0.4, 0.5) is 11.4 Å². The molecular formula is C15H20N4O. The molecule has 1 aromatic heterocycles. The standard InChI is InChI=1S/C15H20N4O/c1-10(2)15-17-6-7-19(15)9-14(20)18-13-5-4-12(16)8-11(13)3/h4-8,10H,9,16H2,1-3H3,(H,18,20). The number of benzene rings is 1. The molecule has 0 bridgehead atoms. The third-order valence-corrected chi connectivity index (χ3v) is 3.10. The number of hydrogen-bond donors (Lipinski definition) is 2. The number of imidazole rings is 1.